The highest BCUT2D eigenvalue weighted by Gasteiger charge is 2.22. The highest BCUT2D eigenvalue weighted by atomic mass is 16.3. The van der Waals surface area contributed by atoms with Crippen molar-refractivity contribution in [2.45, 2.75) is 25.9 Å². The Morgan fingerprint density at radius 3 is 2.37 bits per heavy atom. The number of aryl methyl sites for hydroxylation is 1. The van der Waals surface area contributed by atoms with Gasteiger partial charge in [-0.25, -0.2) is 0 Å². The number of nitrogens with one attached hydrogen (secondary N) is 1. The van der Waals surface area contributed by atoms with Gasteiger partial charge in [-0.3, -0.25) is 4.79 Å². The molecule has 4 nitrogen and oxygen atoms in total. The first-order chi connectivity index (χ1) is 8.84. The molecule has 0 saturated carbocycles. The van der Waals surface area contributed by atoms with E-state index in [9.17, 15) is 9.90 Å². The van der Waals surface area contributed by atoms with Crippen molar-refractivity contribution in [2.24, 2.45) is 0 Å². The first-order valence-electron chi connectivity index (χ1n) is 6.58. The molecule has 1 atom stereocenters. The van der Waals surface area contributed by atoms with Crippen LogP contribution in [0.25, 0.3) is 0 Å². The van der Waals surface area contributed by atoms with Gasteiger partial charge in [-0.15, -0.1) is 0 Å². The van der Waals surface area contributed by atoms with E-state index >= 15 is 0 Å². The summed E-state index contributed by atoms with van der Waals surface area (Å²) in [5.41, 5.74) is 0.900. The molecule has 1 rings (SSSR count). The molecular weight excluding hydrogens is 240 g/mol. The van der Waals surface area contributed by atoms with Gasteiger partial charge in [0.25, 0.3) is 5.91 Å². The van der Waals surface area contributed by atoms with Crippen LogP contribution in [0.1, 0.15) is 29.8 Å². The molecule has 2 N–H and O–H groups in total. The van der Waals surface area contributed by atoms with Crippen molar-refractivity contribution in [3.63, 3.8) is 0 Å². The normalized spacial score (nSPS) is 14.2. The van der Waals surface area contributed by atoms with Crippen LogP contribution in [0.2, 0.25) is 0 Å². The van der Waals surface area contributed by atoms with Gasteiger partial charge >= 0.3 is 0 Å². The third-order valence-electron chi connectivity index (χ3n) is 2.91. The Hall–Kier alpha value is -1.39. The molecule has 1 aromatic rings. The van der Waals surface area contributed by atoms with E-state index in [0.29, 0.717) is 12.1 Å². The predicted molar refractivity (Wildman–Crippen MR) is 77.3 cm³/mol. The smallest absolute Gasteiger partial charge is 0.251 e. The lowest BCUT2D eigenvalue weighted by atomic mass is 10.1. The Morgan fingerprint density at radius 1 is 1.32 bits per heavy atom. The van der Waals surface area contributed by atoms with E-state index in [1.54, 1.807) is 6.92 Å². The minimum atomic E-state index is -0.928. The largest absolute Gasteiger partial charge is 0.387 e. The fourth-order valence-corrected chi connectivity index (χ4v) is 2.00. The monoisotopic (exact) mass is 264 g/mol. The Kier molecular flexibility index (Phi) is 5.51. The van der Waals surface area contributed by atoms with Crippen LogP contribution in [0.5, 0.6) is 0 Å². The Balaban J connectivity index is 2.55. The SMILES string of the molecule is CCc1ccc(C(=O)NCC(C)(O)CN(C)C)cc1. The molecule has 0 fully saturated rings. The second kappa shape index (κ2) is 6.68. The van der Waals surface area contributed by atoms with Gasteiger partial charge in [-0.1, -0.05) is 19.1 Å². The second-order valence-electron chi connectivity index (χ2n) is 5.47. The van der Waals surface area contributed by atoms with Crippen molar-refractivity contribution in [3.05, 3.63) is 35.4 Å². The Labute approximate surface area is 115 Å². The number of carbonyl (C=O) groups excluding carboxylic acids is 1. The molecule has 0 bridgehead atoms. The summed E-state index contributed by atoms with van der Waals surface area (Å²) in [7, 11) is 3.78. The van der Waals surface area contributed by atoms with Gasteiger partial charge in [0.05, 0.1) is 5.60 Å². The minimum absolute atomic E-state index is 0.151. The van der Waals surface area contributed by atoms with Gasteiger partial charge in [0.1, 0.15) is 0 Å². The first-order valence-corrected chi connectivity index (χ1v) is 6.58. The molecule has 0 aliphatic carbocycles. The third kappa shape index (κ3) is 5.41. The van der Waals surface area contributed by atoms with E-state index in [1.807, 2.05) is 43.3 Å². The highest BCUT2D eigenvalue weighted by Crippen LogP contribution is 2.07. The quantitative estimate of drug-likeness (QED) is 0.814. The summed E-state index contributed by atoms with van der Waals surface area (Å²) in [6.45, 7) is 4.53. The molecule has 0 aromatic heterocycles. The fourth-order valence-electron chi connectivity index (χ4n) is 2.00. The molecular formula is C15H24N2O2. The first kappa shape index (κ1) is 15.7. The number of rotatable bonds is 6. The van der Waals surface area contributed by atoms with Crippen molar-refractivity contribution in [1.29, 1.82) is 0 Å². The summed E-state index contributed by atoms with van der Waals surface area (Å²) in [6.07, 6.45) is 0.958. The van der Waals surface area contributed by atoms with Crippen LogP contribution in [-0.4, -0.2) is 48.7 Å². The molecule has 1 unspecified atom stereocenters. The molecule has 0 spiro atoms. The molecule has 106 valence electrons. The summed E-state index contributed by atoms with van der Waals surface area (Å²) < 4.78 is 0. The molecule has 0 aliphatic rings. The molecule has 0 saturated heterocycles. The summed E-state index contributed by atoms with van der Waals surface area (Å²) in [6, 6.07) is 7.53. The van der Waals surface area contributed by atoms with Gasteiger partial charge in [-0.05, 0) is 45.1 Å². The number of nitrogens with zero attached hydrogens (tertiary/aromatic N) is 1. The summed E-state index contributed by atoms with van der Waals surface area (Å²) >= 11 is 0. The van der Waals surface area contributed by atoms with Gasteiger partial charge in [-0.2, -0.15) is 0 Å². The number of carbonyl (C=O) groups is 1. The number of likely N-dealkylation sites (N-methyl/N-ethyl adjacent to an activating group) is 1. The van der Waals surface area contributed by atoms with E-state index in [2.05, 4.69) is 12.2 Å². The molecule has 0 radical (unpaired) electrons. The maximum absolute atomic E-state index is 11.9. The molecule has 1 aromatic carbocycles. The number of aliphatic hydroxyl groups is 1. The number of hydrogen-bond donors (Lipinski definition) is 2. The van der Waals surface area contributed by atoms with E-state index < -0.39 is 5.60 Å². The Bertz CT molecular complexity index is 411. The van der Waals surface area contributed by atoms with Crippen molar-refractivity contribution in [1.82, 2.24) is 10.2 Å². The van der Waals surface area contributed by atoms with Gasteiger partial charge < -0.3 is 15.3 Å². The standard InChI is InChI=1S/C15H24N2O2/c1-5-12-6-8-13(9-7-12)14(18)16-10-15(2,19)11-17(3)4/h6-9,19H,5,10-11H2,1-4H3,(H,16,18). The summed E-state index contributed by atoms with van der Waals surface area (Å²) in [4.78, 5) is 13.8. The van der Waals surface area contributed by atoms with E-state index in [4.69, 9.17) is 0 Å². The molecule has 19 heavy (non-hydrogen) atoms. The zero-order valence-electron chi connectivity index (χ0n) is 12.2. The third-order valence-corrected chi connectivity index (χ3v) is 2.91. The van der Waals surface area contributed by atoms with Crippen LogP contribution in [0.4, 0.5) is 0 Å². The van der Waals surface area contributed by atoms with E-state index in [1.165, 1.54) is 5.56 Å². The average molecular weight is 264 g/mol. The maximum Gasteiger partial charge on any atom is 0.251 e. The predicted octanol–water partition coefficient (Wildman–Crippen LogP) is 1.29. The van der Waals surface area contributed by atoms with E-state index in [-0.39, 0.29) is 12.5 Å². The van der Waals surface area contributed by atoms with Crippen molar-refractivity contribution in [3.8, 4) is 0 Å². The maximum atomic E-state index is 11.9. The number of amides is 1. The molecule has 0 aliphatic heterocycles. The van der Waals surface area contributed by atoms with Crippen LogP contribution < -0.4 is 5.32 Å². The lowest BCUT2D eigenvalue weighted by Crippen LogP contribution is -2.47. The fraction of sp³-hybridized carbons (Fsp3) is 0.533. The van der Waals surface area contributed by atoms with Crippen LogP contribution >= 0.6 is 0 Å². The topological polar surface area (TPSA) is 52.6 Å². The second-order valence-corrected chi connectivity index (χ2v) is 5.47. The van der Waals surface area contributed by atoms with Crippen LogP contribution in [0.15, 0.2) is 24.3 Å². The summed E-state index contributed by atoms with van der Waals surface area (Å²) in [5.74, 6) is -0.151. The van der Waals surface area contributed by atoms with Crippen LogP contribution in [-0.2, 0) is 6.42 Å². The zero-order valence-corrected chi connectivity index (χ0v) is 12.2. The average Bonchev–Trinajstić information content (AvgIpc) is 2.34. The molecule has 0 heterocycles. The highest BCUT2D eigenvalue weighted by molar-refractivity contribution is 5.94. The van der Waals surface area contributed by atoms with E-state index in [0.717, 1.165) is 6.42 Å². The lowest BCUT2D eigenvalue weighted by molar-refractivity contribution is 0.0326. The van der Waals surface area contributed by atoms with Crippen LogP contribution in [0, 0.1) is 0 Å². The summed E-state index contributed by atoms with van der Waals surface area (Å²) in [5, 5.41) is 12.9. The zero-order chi connectivity index (χ0) is 14.5. The van der Waals surface area contributed by atoms with Crippen LogP contribution in [0.3, 0.4) is 0 Å². The molecule has 4 heteroatoms. The number of benzene rings is 1. The van der Waals surface area contributed by atoms with Gasteiger partial charge in [0, 0.05) is 18.7 Å². The van der Waals surface area contributed by atoms with Gasteiger partial charge in [0.2, 0.25) is 0 Å². The minimum Gasteiger partial charge on any atom is -0.387 e. The van der Waals surface area contributed by atoms with Gasteiger partial charge in [0.15, 0.2) is 0 Å². The Morgan fingerprint density at radius 2 is 1.89 bits per heavy atom. The molecule has 1 amide bonds. The van der Waals surface area contributed by atoms with Crippen molar-refractivity contribution < 1.29 is 9.90 Å². The number of hydrogen-bond acceptors (Lipinski definition) is 3. The lowest BCUT2D eigenvalue weighted by Gasteiger charge is -2.27. The van der Waals surface area contributed by atoms with Crippen molar-refractivity contribution >= 4 is 5.91 Å². The van der Waals surface area contributed by atoms with Crippen molar-refractivity contribution in [2.75, 3.05) is 27.2 Å².